The third-order valence-electron chi connectivity index (χ3n) is 2.62. The van der Waals surface area contributed by atoms with E-state index in [-0.39, 0.29) is 12.4 Å². The first-order valence-corrected chi connectivity index (χ1v) is 5.42. The van der Waals surface area contributed by atoms with Crippen LogP contribution in [0.15, 0.2) is 43.0 Å². The Bertz CT molecular complexity index is 336. The Morgan fingerprint density at radius 1 is 1.38 bits per heavy atom. The summed E-state index contributed by atoms with van der Waals surface area (Å²) in [7, 11) is 0. The number of benzene rings is 1. The van der Waals surface area contributed by atoms with Crippen molar-refractivity contribution < 1.29 is 14.6 Å². The van der Waals surface area contributed by atoms with Crippen LogP contribution in [0.25, 0.3) is 0 Å². The molecule has 1 aromatic carbocycles. The zero-order valence-corrected chi connectivity index (χ0v) is 9.08. The molecule has 3 atom stereocenters. The van der Waals surface area contributed by atoms with Gasteiger partial charge in [-0.05, 0) is 6.42 Å². The number of hydrogen-bond acceptors (Lipinski definition) is 3. The van der Waals surface area contributed by atoms with Gasteiger partial charge in [0, 0.05) is 5.56 Å². The standard InChI is InChI=1S/C13H16O3/c1-2-6-12-11(14)9-15-13(16-12)10-7-4-3-5-8-10/h2-5,7-8,11-14H,1,6,9H2/t11-,12-,13+/m1/s1. The average molecular weight is 220 g/mol. The molecule has 0 saturated carbocycles. The zero-order chi connectivity index (χ0) is 11.4. The first kappa shape index (κ1) is 11.3. The quantitative estimate of drug-likeness (QED) is 0.792. The fourth-order valence-corrected chi connectivity index (χ4v) is 1.74. The normalized spacial score (nSPS) is 29.9. The van der Waals surface area contributed by atoms with Crippen molar-refractivity contribution in [3.05, 3.63) is 48.6 Å². The van der Waals surface area contributed by atoms with Crippen molar-refractivity contribution in [3.8, 4) is 0 Å². The molecular weight excluding hydrogens is 204 g/mol. The van der Waals surface area contributed by atoms with Crippen LogP contribution in [0.4, 0.5) is 0 Å². The van der Waals surface area contributed by atoms with Gasteiger partial charge in [0.1, 0.15) is 6.10 Å². The monoisotopic (exact) mass is 220 g/mol. The Balaban J connectivity index is 2.05. The molecule has 2 rings (SSSR count). The smallest absolute Gasteiger partial charge is 0.184 e. The molecule has 16 heavy (non-hydrogen) atoms. The van der Waals surface area contributed by atoms with E-state index in [0.717, 1.165) is 5.56 Å². The molecular formula is C13H16O3. The van der Waals surface area contributed by atoms with Crippen LogP contribution in [0.2, 0.25) is 0 Å². The molecule has 3 heteroatoms. The second-order valence-electron chi connectivity index (χ2n) is 3.84. The number of aliphatic hydroxyl groups excluding tert-OH is 1. The van der Waals surface area contributed by atoms with E-state index in [9.17, 15) is 5.11 Å². The summed E-state index contributed by atoms with van der Waals surface area (Å²) in [4.78, 5) is 0. The summed E-state index contributed by atoms with van der Waals surface area (Å²) in [6.07, 6.45) is 1.21. The van der Waals surface area contributed by atoms with Crippen molar-refractivity contribution in [3.63, 3.8) is 0 Å². The van der Waals surface area contributed by atoms with E-state index in [2.05, 4.69) is 6.58 Å². The van der Waals surface area contributed by atoms with Gasteiger partial charge in [0.25, 0.3) is 0 Å². The summed E-state index contributed by atoms with van der Waals surface area (Å²) in [6, 6.07) is 9.73. The summed E-state index contributed by atoms with van der Waals surface area (Å²) in [6.45, 7) is 3.96. The molecule has 0 aliphatic carbocycles. The maximum Gasteiger partial charge on any atom is 0.184 e. The predicted molar refractivity (Wildman–Crippen MR) is 60.8 cm³/mol. The van der Waals surface area contributed by atoms with Crippen LogP contribution >= 0.6 is 0 Å². The van der Waals surface area contributed by atoms with E-state index < -0.39 is 6.10 Å². The Hall–Kier alpha value is -1.16. The first-order chi connectivity index (χ1) is 7.81. The van der Waals surface area contributed by atoms with E-state index in [1.165, 1.54) is 0 Å². The topological polar surface area (TPSA) is 38.7 Å². The van der Waals surface area contributed by atoms with Crippen LogP contribution in [0.5, 0.6) is 0 Å². The lowest BCUT2D eigenvalue weighted by molar-refractivity contribution is -0.255. The molecule has 1 fully saturated rings. The van der Waals surface area contributed by atoms with Gasteiger partial charge in [-0.25, -0.2) is 0 Å². The zero-order valence-electron chi connectivity index (χ0n) is 9.08. The van der Waals surface area contributed by atoms with Crippen molar-refractivity contribution in [1.82, 2.24) is 0 Å². The molecule has 0 radical (unpaired) electrons. The molecule has 0 aromatic heterocycles. The van der Waals surface area contributed by atoms with Gasteiger partial charge in [-0.15, -0.1) is 6.58 Å². The van der Waals surface area contributed by atoms with Crippen molar-refractivity contribution >= 4 is 0 Å². The highest BCUT2D eigenvalue weighted by Gasteiger charge is 2.30. The molecule has 0 amide bonds. The molecule has 1 aliphatic heterocycles. The van der Waals surface area contributed by atoms with Crippen LogP contribution < -0.4 is 0 Å². The Morgan fingerprint density at radius 2 is 2.12 bits per heavy atom. The molecule has 3 nitrogen and oxygen atoms in total. The second kappa shape index (κ2) is 5.25. The van der Waals surface area contributed by atoms with Crippen molar-refractivity contribution in [2.75, 3.05) is 6.61 Å². The van der Waals surface area contributed by atoms with Gasteiger partial charge in [0.15, 0.2) is 6.29 Å². The van der Waals surface area contributed by atoms with Crippen LogP contribution in [0.3, 0.4) is 0 Å². The number of ether oxygens (including phenoxy) is 2. The molecule has 86 valence electrons. The van der Waals surface area contributed by atoms with Crippen molar-refractivity contribution in [1.29, 1.82) is 0 Å². The van der Waals surface area contributed by atoms with Gasteiger partial charge < -0.3 is 14.6 Å². The molecule has 0 unspecified atom stereocenters. The van der Waals surface area contributed by atoms with Crippen LogP contribution in [0, 0.1) is 0 Å². The highest BCUT2D eigenvalue weighted by Crippen LogP contribution is 2.27. The van der Waals surface area contributed by atoms with Crippen LogP contribution in [-0.2, 0) is 9.47 Å². The summed E-state index contributed by atoms with van der Waals surface area (Å²) >= 11 is 0. The Morgan fingerprint density at radius 3 is 2.81 bits per heavy atom. The van der Waals surface area contributed by atoms with E-state index >= 15 is 0 Å². The lowest BCUT2D eigenvalue weighted by Gasteiger charge is -2.33. The van der Waals surface area contributed by atoms with E-state index in [1.807, 2.05) is 30.3 Å². The van der Waals surface area contributed by atoms with Crippen molar-refractivity contribution in [2.45, 2.75) is 24.9 Å². The van der Waals surface area contributed by atoms with Gasteiger partial charge >= 0.3 is 0 Å². The summed E-state index contributed by atoms with van der Waals surface area (Å²) < 4.78 is 11.1. The molecule has 1 aliphatic rings. The summed E-state index contributed by atoms with van der Waals surface area (Å²) in [5.74, 6) is 0. The summed E-state index contributed by atoms with van der Waals surface area (Å²) in [5.41, 5.74) is 0.975. The highest BCUT2D eigenvalue weighted by atomic mass is 16.7. The maximum atomic E-state index is 9.67. The third kappa shape index (κ3) is 2.50. The molecule has 1 aromatic rings. The van der Waals surface area contributed by atoms with Crippen LogP contribution in [-0.4, -0.2) is 23.9 Å². The third-order valence-corrected chi connectivity index (χ3v) is 2.62. The average Bonchev–Trinajstić information content (AvgIpc) is 2.33. The minimum atomic E-state index is -0.571. The van der Waals surface area contributed by atoms with Gasteiger partial charge in [-0.2, -0.15) is 0 Å². The minimum Gasteiger partial charge on any atom is -0.388 e. The molecule has 0 spiro atoms. The molecule has 1 saturated heterocycles. The SMILES string of the molecule is C=CC[C@H]1O[C@@H](c2ccccc2)OC[C@H]1O. The van der Waals surface area contributed by atoms with Gasteiger partial charge in [-0.1, -0.05) is 36.4 Å². The van der Waals surface area contributed by atoms with Crippen molar-refractivity contribution in [2.24, 2.45) is 0 Å². The Labute approximate surface area is 95.3 Å². The molecule has 0 bridgehead atoms. The second-order valence-corrected chi connectivity index (χ2v) is 3.84. The largest absolute Gasteiger partial charge is 0.388 e. The number of aliphatic hydroxyl groups is 1. The lowest BCUT2D eigenvalue weighted by Crippen LogP contribution is -2.39. The van der Waals surface area contributed by atoms with Gasteiger partial charge in [0.2, 0.25) is 0 Å². The van der Waals surface area contributed by atoms with Crippen LogP contribution in [0.1, 0.15) is 18.3 Å². The minimum absolute atomic E-state index is 0.226. The van der Waals surface area contributed by atoms with E-state index in [1.54, 1.807) is 6.08 Å². The van der Waals surface area contributed by atoms with E-state index in [4.69, 9.17) is 9.47 Å². The first-order valence-electron chi connectivity index (χ1n) is 5.42. The highest BCUT2D eigenvalue weighted by molar-refractivity contribution is 5.16. The number of rotatable bonds is 3. The summed E-state index contributed by atoms with van der Waals surface area (Å²) in [5, 5.41) is 9.67. The van der Waals surface area contributed by atoms with E-state index in [0.29, 0.717) is 13.0 Å². The molecule has 1 heterocycles. The van der Waals surface area contributed by atoms with Gasteiger partial charge in [0.05, 0.1) is 12.7 Å². The fraction of sp³-hybridized carbons (Fsp3) is 0.385. The fourth-order valence-electron chi connectivity index (χ4n) is 1.74. The predicted octanol–water partition coefficient (Wildman–Crippen LogP) is 2.04. The maximum absolute atomic E-state index is 9.67. The molecule has 1 N–H and O–H groups in total. The number of hydrogen-bond donors (Lipinski definition) is 1. The Kier molecular flexibility index (Phi) is 3.72. The van der Waals surface area contributed by atoms with Gasteiger partial charge in [-0.3, -0.25) is 0 Å². The lowest BCUT2D eigenvalue weighted by atomic mass is 10.1.